The molecule has 0 bridgehead atoms. The van der Waals surface area contributed by atoms with Crippen LogP contribution in [0.15, 0.2) is 48.5 Å². The molecule has 0 unspecified atom stereocenters. The van der Waals surface area contributed by atoms with Gasteiger partial charge in [-0.15, -0.1) is 0 Å². The summed E-state index contributed by atoms with van der Waals surface area (Å²) >= 11 is 5.93. The molecule has 0 saturated heterocycles. The molecule has 1 aliphatic rings. The van der Waals surface area contributed by atoms with Gasteiger partial charge in [0, 0.05) is 11.1 Å². The van der Waals surface area contributed by atoms with Crippen molar-refractivity contribution in [1.82, 2.24) is 5.32 Å². The minimum Gasteiger partial charge on any atom is -0.314 e. The minimum absolute atomic E-state index is 0.676. The largest absolute Gasteiger partial charge is 0.314 e. The quantitative estimate of drug-likeness (QED) is 0.842. The second kappa shape index (κ2) is 6.64. The lowest BCUT2D eigenvalue weighted by Crippen LogP contribution is -2.40. The van der Waals surface area contributed by atoms with E-state index in [0.717, 1.165) is 18.0 Å². The zero-order chi connectivity index (χ0) is 14.7. The average Bonchev–Trinajstić information content (AvgIpc) is 2.45. The van der Waals surface area contributed by atoms with Gasteiger partial charge in [0.25, 0.3) is 0 Å². The van der Waals surface area contributed by atoms with Crippen molar-refractivity contribution in [3.8, 4) is 0 Å². The van der Waals surface area contributed by atoms with Crippen molar-refractivity contribution in [3.63, 3.8) is 0 Å². The topological polar surface area (TPSA) is 12.0 Å². The van der Waals surface area contributed by atoms with E-state index in [9.17, 15) is 0 Å². The van der Waals surface area contributed by atoms with Crippen molar-refractivity contribution in [2.75, 3.05) is 6.54 Å². The fourth-order valence-electron chi connectivity index (χ4n) is 3.09. The Bertz CT molecular complexity index is 585. The maximum Gasteiger partial charge on any atom is 0.0406 e. The maximum absolute atomic E-state index is 5.93. The van der Waals surface area contributed by atoms with E-state index in [1.54, 1.807) is 0 Å². The summed E-state index contributed by atoms with van der Waals surface area (Å²) in [4.78, 5) is 0. The number of halogens is 1. The zero-order valence-corrected chi connectivity index (χ0v) is 13.2. The molecule has 2 aromatic carbocycles. The Balaban J connectivity index is 1.41. The molecule has 0 radical (unpaired) electrons. The normalized spacial score (nSPS) is 21.0. The van der Waals surface area contributed by atoms with Gasteiger partial charge in [0.2, 0.25) is 0 Å². The summed E-state index contributed by atoms with van der Waals surface area (Å²) in [6.07, 6.45) is 3.61. The molecule has 3 rings (SSSR count). The van der Waals surface area contributed by atoms with E-state index in [1.807, 2.05) is 12.1 Å². The van der Waals surface area contributed by atoms with E-state index in [0.29, 0.717) is 12.0 Å². The fourth-order valence-corrected chi connectivity index (χ4v) is 3.22. The van der Waals surface area contributed by atoms with Crippen molar-refractivity contribution < 1.29 is 0 Å². The lowest BCUT2D eigenvalue weighted by Gasteiger charge is -2.36. The number of nitrogens with one attached hydrogen (secondary N) is 1. The predicted octanol–water partition coefficient (Wildman–Crippen LogP) is 4.73. The van der Waals surface area contributed by atoms with Crippen LogP contribution in [0.3, 0.4) is 0 Å². The molecular formula is C19H22ClN. The molecule has 21 heavy (non-hydrogen) atoms. The van der Waals surface area contributed by atoms with Gasteiger partial charge < -0.3 is 5.32 Å². The smallest absolute Gasteiger partial charge is 0.0406 e. The SMILES string of the molecule is Cc1ccccc1CCNC1CC(c2ccc(Cl)cc2)C1. The Morgan fingerprint density at radius 3 is 2.48 bits per heavy atom. The summed E-state index contributed by atoms with van der Waals surface area (Å²) in [7, 11) is 0. The predicted molar refractivity (Wildman–Crippen MR) is 90.1 cm³/mol. The first-order chi connectivity index (χ1) is 10.2. The zero-order valence-electron chi connectivity index (χ0n) is 12.5. The van der Waals surface area contributed by atoms with Gasteiger partial charge in [-0.05, 0) is 67.5 Å². The van der Waals surface area contributed by atoms with Gasteiger partial charge in [-0.2, -0.15) is 0 Å². The van der Waals surface area contributed by atoms with Crippen molar-refractivity contribution in [2.45, 2.75) is 38.1 Å². The number of rotatable bonds is 5. The molecule has 1 nitrogen and oxygen atoms in total. The summed E-state index contributed by atoms with van der Waals surface area (Å²) in [5.74, 6) is 0.707. The molecule has 1 saturated carbocycles. The molecule has 0 aromatic heterocycles. The second-order valence-electron chi connectivity index (χ2n) is 6.05. The third-order valence-electron chi connectivity index (χ3n) is 4.57. The highest BCUT2D eigenvalue weighted by Crippen LogP contribution is 2.37. The fraction of sp³-hybridized carbons (Fsp3) is 0.368. The van der Waals surface area contributed by atoms with Gasteiger partial charge in [0.1, 0.15) is 0 Å². The van der Waals surface area contributed by atoms with Crippen molar-refractivity contribution in [3.05, 3.63) is 70.2 Å². The Hall–Kier alpha value is -1.31. The molecule has 110 valence electrons. The molecule has 2 heteroatoms. The monoisotopic (exact) mass is 299 g/mol. The van der Waals surface area contributed by atoms with Crippen molar-refractivity contribution >= 4 is 11.6 Å². The summed E-state index contributed by atoms with van der Waals surface area (Å²) in [5.41, 5.74) is 4.28. The maximum atomic E-state index is 5.93. The number of benzene rings is 2. The third kappa shape index (κ3) is 3.66. The summed E-state index contributed by atoms with van der Waals surface area (Å²) < 4.78 is 0. The van der Waals surface area contributed by atoms with Crippen LogP contribution in [0.5, 0.6) is 0 Å². The van der Waals surface area contributed by atoms with Gasteiger partial charge in [0.15, 0.2) is 0 Å². The molecule has 0 spiro atoms. The van der Waals surface area contributed by atoms with E-state index in [-0.39, 0.29) is 0 Å². The first-order valence-corrected chi connectivity index (χ1v) is 8.13. The van der Waals surface area contributed by atoms with Crippen LogP contribution in [0, 0.1) is 6.92 Å². The Morgan fingerprint density at radius 2 is 1.76 bits per heavy atom. The van der Waals surface area contributed by atoms with E-state index >= 15 is 0 Å². The molecule has 0 aliphatic heterocycles. The Morgan fingerprint density at radius 1 is 1.05 bits per heavy atom. The Kier molecular flexibility index (Phi) is 4.62. The van der Waals surface area contributed by atoms with E-state index in [4.69, 9.17) is 11.6 Å². The van der Waals surface area contributed by atoms with Gasteiger partial charge in [-0.25, -0.2) is 0 Å². The van der Waals surface area contributed by atoms with Gasteiger partial charge >= 0.3 is 0 Å². The van der Waals surface area contributed by atoms with Crippen LogP contribution in [-0.2, 0) is 6.42 Å². The lowest BCUT2D eigenvalue weighted by molar-refractivity contribution is 0.293. The number of hydrogen-bond donors (Lipinski definition) is 1. The first-order valence-electron chi connectivity index (χ1n) is 7.76. The van der Waals surface area contributed by atoms with Crippen molar-refractivity contribution in [1.29, 1.82) is 0 Å². The van der Waals surface area contributed by atoms with Crippen molar-refractivity contribution in [2.24, 2.45) is 0 Å². The van der Waals surface area contributed by atoms with Crippen LogP contribution >= 0.6 is 11.6 Å². The lowest BCUT2D eigenvalue weighted by atomic mass is 9.76. The molecule has 1 N–H and O–H groups in total. The molecule has 1 fully saturated rings. The summed E-state index contributed by atoms with van der Waals surface area (Å²) in [6.45, 7) is 3.26. The molecular weight excluding hydrogens is 278 g/mol. The van der Waals surface area contributed by atoms with Crippen LogP contribution in [0.2, 0.25) is 5.02 Å². The summed E-state index contributed by atoms with van der Waals surface area (Å²) in [5, 5.41) is 4.50. The minimum atomic E-state index is 0.676. The highest BCUT2D eigenvalue weighted by Gasteiger charge is 2.29. The average molecular weight is 300 g/mol. The Labute approximate surface area is 132 Å². The van der Waals surface area contributed by atoms with Crippen LogP contribution in [0.25, 0.3) is 0 Å². The highest BCUT2D eigenvalue weighted by molar-refractivity contribution is 6.30. The van der Waals surface area contributed by atoms with Crippen LogP contribution in [-0.4, -0.2) is 12.6 Å². The highest BCUT2D eigenvalue weighted by atomic mass is 35.5. The van der Waals surface area contributed by atoms with Gasteiger partial charge in [-0.1, -0.05) is 48.0 Å². The van der Waals surface area contributed by atoms with Gasteiger partial charge in [-0.3, -0.25) is 0 Å². The number of hydrogen-bond acceptors (Lipinski definition) is 1. The van der Waals surface area contributed by atoms with Crippen LogP contribution < -0.4 is 5.32 Å². The molecule has 1 aliphatic carbocycles. The summed E-state index contributed by atoms with van der Waals surface area (Å²) in [6, 6.07) is 17.6. The van der Waals surface area contributed by atoms with E-state index in [1.165, 1.54) is 29.5 Å². The molecule has 0 amide bonds. The van der Waals surface area contributed by atoms with Gasteiger partial charge in [0.05, 0.1) is 0 Å². The molecule has 0 atom stereocenters. The molecule has 2 aromatic rings. The van der Waals surface area contributed by atoms with Crippen LogP contribution in [0.4, 0.5) is 0 Å². The second-order valence-corrected chi connectivity index (χ2v) is 6.48. The van der Waals surface area contributed by atoms with Crippen LogP contribution in [0.1, 0.15) is 35.4 Å². The standard InChI is InChI=1S/C19H22ClN/c1-14-4-2-3-5-15(14)10-11-21-19-12-17(13-19)16-6-8-18(20)9-7-16/h2-9,17,19,21H,10-13H2,1H3. The molecule has 0 heterocycles. The third-order valence-corrected chi connectivity index (χ3v) is 4.82. The first kappa shape index (κ1) is 14.6. The number of aryl methyl sites for hydroxylation is 1. The van der Waals surface area contributed by atoms with E-state index < -0.39 is 0 Å². The van der Waals surface area contributed by atoms with E-state index in [2.05, 4.69) is 48.6 Å².